The van der Waals surface area contributed by atoms with Crippen LogP contribution in [-0.2, 0) is 0 Å². The summed E-state index contributed by atoms with van der Waals surface area (Å²) in [6.07, 6.45) is 0. The average molecular weight is 822 g/mol. The molecule has 0 fully saturated rings. The van der Waals surface area contributed by atoms with Gasteiger partial charge >= 0.3 is 0 Å². The van der Waals surface area contributed by atoms with Crippen molar-refractivity contribution in [2.24, 2.45) is 0 Å². The van der Waals surface area contributed by atoms with Gasteiger partial charge in [-0.25, -0.2) is 4.98 Å². The molecule has 13 aromatic rings. The summed E-state index contributed by atoms with van der Waals surface area (Å²) in [6, 6.07) is 75.7. The van der Waals surface area contributed by atoms with Crippen molar-refractivity contribution in [3.8, 4) is 56.7 Å². The van der Waals surface area contributed by atoms with Crippen LogP contribution in [0.4, 0.5) is 0 Å². The van der Waals surface area contributed by atoms with E-state index in [1.54, 1.807) is 11.3 Å². The molecule has 0 aliphatic carbocycles. The lowest BCUT2D eigenvalue weighted by molar-refractivity contribution is 0.954. The molecule has 0 aliphatic rings. The molecule has 0 N–H and O–H groups in total. The molecule has 0 aliphatic heterocycles. The summed E-state index contributed by atoms with van der Waals surface area (Å²) in [4.78, 5) is 16.2. The fourth-order valence-electron chi connectivity index (χ4n) is 9.54. The van der Waals surface area contributed by atoms with E-state index in [1.807, 2.05) is 18.2 Å². The van der Waals surface area contributed by atoms with E-state index >= 15 is 0 Å². The smallest absolute Gasteiger partial charge is 0.238 e. The lowest BCUT2D eigenvalue weighted by atomic mass is 9.98. The number of fused-ring (bicyclic) bond motifs is 10. The van der Waals surface area contributed by atoms with Crippen molar-refractivity contribution in [2.45, 2.75) is 0 Å². The highest BCUT2D eigenvalue weighted by Crippen LogP contribution is 2.44. The fourth-order valence-corrected chi connectivity index (χ4v) is 10.7. The van der Waals surface area contributed by atoms with Gasteiger partial charge in [0.15, 0.2) is 11.6 Å². The van der Waals surface area contributed by atoms with Crippen LogP contribution < -0.4 is 0 Å². The molecule has 13 rings (SSSR count). The molecule has 5 nitrogen and oxygen atoms in total. The third kappa shape index (κ3) is 5.66. The number of hydrogen-bond donors (Lipinski definition) is 0. The summed E-state index contributed by atoms with van der Waals surface area (Å²) in [5.41, 5.74) is 11.9. The molecule has 0 amide bonds. The van der Waals surface area contributed by atoms with Gasteiger partial charge in [-0.2, -0.15) is 9.97 Å². The van der Waals surface area contributed by atoms with Gasteiger partial charge in [-0.1, -0.05) is 170 Å². The number of aromatic nitrogens is 5. The predicted molar refractivity (Wildman–Crippen MR) is 263 cm³/mol. The minimum Gasteiger partial charge on any atom is -0.307 e. The van der Waals surface area contributed by atoms with Crippen LogP contribution in [0.2, 0.25) is 0 Å². The summed E-state index contributed by atoms with van der Waals surface area (Å²) in [6.45, 7) is 0. The van der Waals surface area contributed by atoms with Gasteiger partial charge in [-0.15, -0.1) is 11.3 Å². The van der Waals surface area contributed by atoms with Crippen molar-refractivity contribution in [3.05, 3.63) is 212 Å². The Balaban J connectivity index is 1.16. The first-order valence-electron chi connectivity index (χ1n) is 21.2. The third-order valence-electron chi connectivity index (χ3n) is 12.4. The molecule has 63 heavy (non-hydrogen) atoms. The quantitative estimate of drug-likeness (QED) is 0.168. The summed E-state index contributed by atoms with van der Waals surface area (Å²) in [5.74, 6) is 1.82. The standard InChI is InChI=1S/C57H35N5S/c1-4-17-36(18-5-1)39-33-40(37-19-6-2-7-20-37)35-41(34-39)61-49-28-13-10-23-42(49)45-31-32-46-43-24-11-14-29-50(43)62(53(46)52(45)61)57-59-55(38-21-8-3-9-22-38)58-56(60-57)48-27-16-26-47-44-25-12-15-30-51(44)63-54(47)48/h1-35H. The summed E-state index contributed by atoms with van der Waals surface area (Å²) < 4.78 is 7.14. The first-order valence-corrected chi connectivity index (χ1v) is 22.0. The van der Waals surface area contributed by atoms with Crippen molar-refractivity contribution in [1.82, 2.24) is 24.1 Å². The van der Waals surface area contributed by atoms with E-state index in [2.05, 4.69) is 203 Å². The second kappa shape index (κ2) is 14.2. The maximum atomic E-state index is 5.50. The Labute approximate surface area is 366 Å². The van der Waals surface area contributed by atoms with Gasteiger partial charge < -0.3 is 4.57 Å². The van der Waals surface area contributed by atoms with Crippen LogP contribution in [0.1, 0.15) is 0 Å². The molecular formula is C57H35N5S. The monoisotopic (exact) mass is 821 g/mol. The topological polar surface area (TPSA) is 48.5 Å². The predicted octanol–water partition coefficient (Wildman–Crippen LogP) is 15.1. The number of nitrogens with zero attached hydrogens (tertiary/aromatic N) is 5. The van der Waals surface area contributed by atoms with Crippen LogP contribution >= 0.6 is 11.3 Å². The van der Waals surface area contributed by atoms with Gasteiger partial charge in [0, 0.05) is 58.5 Å². The lowest BCUT2D eigenvalue weighted by Crippen LogP contribution is -2.07. The minimum atomic E-state index is 0.565. The Morgan fingerprint density at radius 3 is 1.49 bits per heavy atom. The number of hydrogen-bond acceptors (Lipinski definition) is 4. The van der Waals surface area contributed by atoms with E-state index in [0.717, 1.165) is 82.0 Å². The van der Waals surface area contributed by atoms with E-state index in [4.69, 9.17) is 15.0 Å². The van der Waals surface area contributed by atoms with Gasteiger partial charge in [0.1, 0.15) is 0 Å². The number of para-hydroxylation sites is 2. The molecule has 0 spiro atoms. The first-order chi connectivity index (χ1) is 31.2. The molecule has 0 saturated carbocycles. The molecular weight excluding hydrogens is 787 g/mol. The van der Waals surface area contributed by atoms with Crippen molar-refractivity contribution >= 4 is 75.1 Å². The van der Waals surface area contributed by atoms with Gasteiger partial charge in [0.2, 0.25) is 5.95 Å². The normalized spacial score (nSPS) is 11.8. The van der Waals surface area contributed by atoms with Gasteiger partial charge in [-0.05, 0) is 64.7 Å². The molecule has 4 heterocycles. The largest absolute Gasteiger partial charge is 0.307 e. The van der Waals surface area contributed by atoms with E-state index in [9.17, 15) is 0 Å². The van der Waals surface area contributed by atoms with E-state index in [-0.39, 0.29) is 0 Å². The molecule has 4 aromatic heterocycles. The van der Waals surface area contributed by atoms with Gasteiger partial charge in [0.25, 0.3) is 0 Å². The number of thiophene rings is 1. The van der Waals surface area contributed by atoms with Crippen molar-refractivity contribution in [2.75, 3.05) is 0 Å². The van der Waals surface area contributed by atoms with E-state index < -0.39 is 0 Å². The van der Waals surface area contributed by atoms with Gasteiger partial charge in [0.05, 0.1) is 22.1 Å². The van der Waals surface area contributed by atoms with E-state index in [1.165, 1.54) is 20.9 Å². The van der Waals surface area contributed by atoms with Gasteiger partial charge in [-0.3, -0.25) is 4.57 Å². The summed E-state index contributed by atoms with van der Waals surface area (Å²) >= 11 is 1.79. The third-order valence-corrected chi connectivity index (χ3v) is 13.6. The van der Waals surface area contributed by atoms with Crippen LogP contribution in [0.25, 0.3) is 120 Å². The van der Waals surface area contributed by atoms with Crippen LogP contribution in [0.15, 0.2) is 212 Å². The molecule has 0 unspecified atom stereocenters. The maximum Gasteiger partial charge on any atom is 0.238 e. The second-order valence-corrected chi connectivity index (χ2v) is 17.0. The van der Waals surface area contributed by atoms with E-state index in [0.29, 0.717) is 17.6 Å². The summed E-state index contributed by atoms with van der Waals surface area (Å²) in [7, 11) is 0. The SMILES string of the molecule is c1ccc(-c2cc(-c3ccccc3)cc(-n3c4ccccc4c4ccc5c6ccccc6n(-c6nc(-c7ccccc7)nc(-c7cccc8c7sc7ccccc78)n6)c5c43)c2)cc1. The Morgan fingerprint density at radius 1 is 0.333 bits per heavy atom. The average Bonchev–Trinajstić information content (AvgIpc) is 4.03. The molecule has 294 valence electrons. The first kappa shape index (κ1) is 35.6. The number of benzene rings is 9. The van der Waals surface area contributed by atoms with Crippen LogP contribution in [-0.4, -0.2) is 24.1 Å². The molecule has 0 atom stereocenters. The lowest BCUT2D eigenvalue weighted by Gasteiger charge is -2.16. The van der Waals surface area contributed by atoms with Crippen LogP contribution in [0.3, 0.4) is 0 Å². The Bertz CT molecular complexity index is 3850. The minimum absolute atomic E-state index is 0.565. The molecule has 0 bridgehead atoms. The Morgan fingerprint density at radius 2 is 0.841 bits per heavy atom. The van der Waals surface area contributed by atoms with Crippen molar-refractivity contribution < 1.29 is 0 Å². The highest BCUT2D eigenvalue weighted by molar-refractivity contribution is 7.26. The molecule has 9 aromatic carbocycles. The van der Waals surface area contributed by atoms with Crippen LogP contribution in [0, 0.1) is 0 Å². The molecule has 0 radical (unpaired) electrons. The Hall–Kier alpha value is -8.19. The highest BCUT2D eigenvalue weighted by Gasteiger charge is 2.24. The van der Waals surface area contributed by atoms with Crippen LogP contribution in [0.5, 0.6) is 0 Å². The zero-order chi connectivity index (χ0) is 41.4. The maximum absolute atomic E-state index is 5.50. The molecule has 6 heteroatoms. The fraction of sp³-hybridized carbons (Fsp3) is 0. The van der Waals surface area contributed by atoms with Crippen molar-refractivity contribution in [3.63, 3.8) is 0 Å². The summed E-state index contributed by atoms with van der Waals surface area (Å²) in [5, 5.41) is 7.02. The Kier molecular flexibility index (Phi) is 8.01. The second-order valence-electron chi connectivity index (χ2n) is 16.0. The highest BCUT2D eigenvalue weighted by atomic mass is 32.1. The zero-order valence-electron chi connectivity index (χ0n) is 33.9. The zero-order valence-corrected chi connectivity index (χ0v) is 34.7. The number of rotatable bonds is 6. The van der Waals surface area contributed by atoms with Crippen molar-refractivity contribution in [1.29, 1.82) is 0 Å². The molecule has 0 saturated heterocycles.